The predicted octanol–water partition coefficient (Wildman–Crippen LogP) is 3.42. The molecule has 1 spiro atoms. The lowest BCUT2D eigenvalue weighted by Crippen LogP contribution is -2.59. The summed E-state index contributed by atoms with van der Waals surface area (Å²) >= 11 is 1.63. The number of likely N-dealkylation sites (tertiary alicyclic amines) is 1. The summed E-state index contributed by atoms with van der Waals surface area (Å²) in [7, 11) is 0. The maximum absolute atomic E-state index is 14.2. The summed E-state index contributed by atoms with van der Waals surface area (Å²) in [6.45, 7) is 15.9. The summed E-state index contributed by atoms with van der Waals surface area (Å²) in [4.78, 5) is 45.0. The molecule has 35 heavy (non-hydrogen) atoms. The smallest absolute Gasteiger partial charge is 0.310 e. The van der Waals surface area contributed by atoms with E-state index in [2.05, 4.69) is 13.2 Å². The van der Waals surface area contributed by atoms with Gasteiger partial charge in [0.2, 0.25) is 11.8 Å². The van der Waals surface area contributed by atoms with E-state index in [-0.39, 0.29) is 41.6 Å². The maximum atomic E-state index is 14.2. The van der Waals surface area contributed by atoms with Crippen molar-refractivity contribution in [3.63, 3.8) is 0 Å². The Morgan fingerprint density at radius 1 is 1.31 bits per heavy atom. The lowest BCUT2D eigenvalue weighted by Gasteiger charge is -2.42. The fourth-order valence-corrected chi connectivity index (χ4v) is 8.35. The van der Waals surface area contributed by atoms with Gasteiger partial charge >= 0.3 is 5.97 Å². The van der Waals surface area contributed by atoms with Crippen molar-refractivity contribution in [1.29, 1.82) is 0 Å². The van der Waals surface area contributed by atoms with Crippen molar-refractivity contribution >= 4 is 29.5 Å². The fourth-order valence-electron chi connectivity index (χ4n) is 6.16. The zero-order valence-corrected chi connectivity index (χ0v) is 22.5. The molecule has 0 radical (unpaired) electrons. The highest BCUT2D eigenvalue weighted by Crippen LogP contribution is 2.67. The van der Waals surface area contributed by atoms with Gasteiger partial charge in [0.05, 0.1) is 35.8 Å². The number of ether oxygens (including phenoxy) is 1. The molecule has 0 aromatic carbocycles. The topological polar surface area (TPSA) is 87.1 Å². The third-order valence-electron chi connectivity index (χ3n) is 8.12. The summed E-state index contributed by atoms with van der Waals surface area (Å²) in [5, 5.41) is 10.4. The number of fused-ring (bicyclic) bond motifs is 1. The molecule has 7 atom stereocenters. The van der Waals surface area contributed by atoms with Gasteiger partial charge in [-0.3, -0.25) is 14.4 Å². The van der Waals surface area contributed by atoms with Crippen molar-refractivity contribution in [2.75, 3.05) is 19.8 Å². The zero-order chi connectivity index (χ0) is 25.9. The molecule has 3 saturated heterocycles. The van der Waals surface area contributed by atoms with E-state index in [1.807, 2.05) is 27.7 Å². The molecule has 3 heterocycles. The number of amides is 2. The molecular formula is C27H42N2O5S. The molecule has 3 fully saturated rings. The Hall–Kier alpha value is -1.80. The molecule has 7 nitrogen and oxygen atoms in total. The number of allylic oxidation sites excluding steroid dienone is 1. The molecule has 3 rings (SSSR count). The normalized spacial score (nSPS) is 30.8. The Bertz CT molecular complexity index is 832. The van der Waals surface area contributed by atoms with Gasteiger partial charge in [0.15, 0.2) is 0 Å². The quantitative estimate of drug-likeness (QED) is 0.234. The molecule has 2 bridgehead atoms. The van der Waals surface area contributed by atoms with E-state index < -0.39 is 28.7 Å². The van der Waals surface area contributed by atoms with Crippen molar-refractivity contribution in [2.45, 2.75) is 87.9 Å². The van der Waals surface area contributed by atoms with E-state index in [0.717, 1.165) is 19.3 Å². The van der Waals surface area contributed by atoms with Crippen LogP contribution >= 0.6 is 11.8 Å². The zero-order valence-electron chi connectivity index (χ0n) is 21.7. The number of esters is 1. The second-order valence-electron chi connectivity index (χ2n) is 10.4. The minimum atomic E-state index is -0.720. The predicted molar refractivity (Wildman–Crippen MR) is 139 cm³/mol. The first-order valence-electron chi connectivity index (χ1n) is 13.0. The minimum Gasteiger partial charge on any atom is -0.465 e. The molecule has 196 valence electrons. The first-order valence-corrected chi connectivity index (χ1v) is 13.9. The van der Waals surface area contributed by atoms with E-state index in [9.17, 15) is 19.5 Å². The standard InChI is InChI=1S/C27H42N2O5S/c1-7-10-11-15-34-26(33)21-20-12-13-27(35-20)22(21)24(31)29(19(16-30)18(6)9-3)23(27)25(32)28(14-8-2)17(4)5/h7-8,17-23,30H,1-2,9-16H2,3-6H3/t18-,19-,20+,21-,22-,23?,27?/m0/s1. The number of carbonyl (C=O) groups excluding carboxylic acids is 3. The van der Waals surface area contributed by atoms with Gasteiger partial charge in [0.25, 0.3) is 0 Å². The first-order chi connectivity index (χ1) is 16.7. The third-order valence-corrected chi connectivity index (χ3v) is 10.1. The van der Waals surface area contributed by atoms with Crippen molar-refractivity contribution in [3.05, 3.63) is 25.3 Å². The second kappa shape index (κ2) is 11.5. The molecule has 3 aliphatic rings. The van der Waals surface area contributed by atoms with Crippen LogP contribution in [0.4, 0.5) is 0 Å². The van der Waals surface area contributed by atoms with E-state index in [4.69, 9.17) is 4.74 Å². The molecule has 0 aliphatic carbocycles. The lowest BCUT2D eigenvalue weighted by molar-refractivity contribution is -0.155. The fraction of sp³-hybridized carbons (Fsp3) is 0.741. The molecule has 0 aromatic heterocycles. The average Bonchev–Trinajstić information content (AvgIpc) is 3.47. The molecule has 0 saturated carbocycles. The van der Waals surface area contributed by atoms with Crippen LogP contribution in [0.2, 0.25) is 0 Å². The van der Waals surface area contributed by atoms with Gasteiger partial charge in [0.1, 0.15) is 6.04 Å². The Balaban J connectivity index is 2.03. The number of thioether (sulfide) groups is 1. The van der Waals surface area contributed by atoms with E-state index in [1.165, 1.54) is 0 Å². The molecule has 0 aromatic rings. The third kappa shape index (κ3) is 4.80. The van der Waals surface area contributed by atoms with Crippen LogP contribution in [0.5, 0.6) is 0 Å². The largest absolute Gasteiger partial charge is 0.465 e. The van der Waals surface area contributed by atoms with Gasteiger partial charge in [-0.1, -0.05) is 32.4 Å². The molecule has 2 amide bonds. The van der Waals surface area contributed by atoms with E-state index in [1.54, 1.807) is 33.7 Å². The van der Waals surface area contributed by atoms with Crippen LogP contribution in [0.15, 0.2) is 25.3 Å². The number of unbranched alkanes of at least 4 members (excludes halogenated alkanes) is 1. The number of aliphatic hydroxyl groups is 1. The van der Waals surface area contributed by atoms with Crippen LogP contribution in [0, 0.1) is 17.8 Å². The number of hydrogen-bond acceptors (Lipinski definition) is 6. The Labute approximate surface area is 214 Å². The van der Waals surface area contributed by atoms with Gasteiger partial charge in [-0.25, -0.2) is 0 Å². The van der Waals surface area contributed by atoms with Gasteiger partial charge < -0.3 is 19.6 Å². The first kappa shape index (κ1) is 27.8. The van der Waals surface area contributed by atoms with Crippen LogP contribution in [-0.2, 0) is 19.1 Å². The van der Waals surface area contributed by atoms with E-state index >= 15 is 0 Å². The monoisotopic (exact) mass is 506 g/mol. The summed E-state index contributed by atoms with van der Waals surface area (Å²) in [5.41, 5.74) is 0. The highest BCUT2D eigenvalue weighted by atomic mass is 32.2. The number of rotatable bonds is 13. The number of aliphatic hydroxyl groups excluding tert-OH is 1. The molecule has 3 aliphatic heterocycles. The molecular weight excluding hydrogens is 464 g/mol. The number of nitrogens with zero attached hydrogens (tertiary/aromatic N) is 2. The van der Waals surface area contributed by atoms with Crippen LogP contribution in [0.25, 0.3) is 0 Å². The Morgan fingerprint density at radius 2 is 2.03 bits per heavy atom. The summed E-state index contributed by atoms with van der Waals surface area (Å²) in [6, 6.07) is -1.27. The summed E-state index contributed by atoms with van der Waals surface area (Å²) < 4.78 is 4.93. The Morgan fingerprint density at radius 3 is 2.60 bits per heavy atom. The average molecular weight is 507 g/mol. The SMILES string of the molecule is C=CCCCOC(=O)[C@@H]1[C@H]2C(=O)N([C@@H](CO)[C@@H](C)CC)C(C(=O)N(CC=C)C(C)C)C23CC[C@H]1S3. The van der Waals surface area contributed by atoms with Crippen molar-refractivity contribution in [2.24, 2.45) is 17.8 Å². The van der Waals surface area contributed by atoms with Gasteiger partial charge in [-0.05, 0) is 45.4 Å². The number of carbonyl (C=O) groups is 3. The van der Waals surface area contributed by atoms with Gasteiger partial charge in [0, 0.05) is 17.8 Å². The molecule has 8 heteroatoms. The Kier molecular flexibility index (Phi) is 9.13. The van der Waals surface area contributed by atoms with Crippen LogP contribution in [0.1, 0.15) is 59.8 Å². The van der Waals surface area contributed by atoms with Gasteiger partial charge in [-0.2, -0.15) is 0 Å². The van der Waals surface area contributed by atoms with Crippen LogP contribution in [-0.4, -0.2) is 80.6 Å². The van der Waals surface area contributed by atoms with Gasteiger partial charge in [-0.15, -0.1) is 24.9 Å². The highest BCUT2D eigenvalue weighted by Gasteiger charge is 2.75. The van der Waals surface area contributed by atoms with Crippen LogP contribution < -0.4 is 0 Å². The van der Waals surface area contributed by atoms with E-state index in [0.29, 0.717) is 26.0 Å². The number of hydrogen-bond donors (Lipinski definition) is 1. The van der Waals surface area contributed by atoms with Crippen LogP contribution in [0.3, 0.4) is 0 Å². The molecule has 1 N–H and O–H groups in total. The van der Waals surface area contributed by atoms with Crippen molar-refractivity contribution < 1.29 is 24.2 Å². The van der Waals surface area contributed by atoms with Crippen molar-refractivity contribution in [3.8, 4) is 0 Å². The molecule has 2 unspecified atom stereocenters. The summed E-state index contributed by atoms with van der Waals surface area (Å²) in [6.07, 6.45) is 7.18. The maximum Gasteiger partial charge on any atom is 0.310 e. The highest BCUT2D eigenvalue weighted by molar-refractivity contribution is 8.02. The second-order valence-corrected chi connectivity index (χ2v) is 12.0. The lowest BCUT2D eigenvalue weighted by atomic mass is 9.71. The van der Waals surface area contributed by atoms with Crippen molar-refractivity contribution in [1.82, 2.24) is 9.80 Å². The minimum absolute atomic E-state index is 0.00730. The summed E-state index contributed by atoms with van der Waals surface area (Å²) in [5.74, 6) is -1.81.